The predicted molar refractivity (Wildman–Crippen MR) is 84.0 cm³/mol. The number of carbonyl (C=O) groups excluding carboxylic acids is 1. The molecule has 1 N–H and O–H groups in total. The molecule has 0 radical (unpaired) electrons. The Balaban J connectivity index is 1.74. The Kier molecular flexibility index (Phi) is 3.62. The van der Waals surface area contributed by atoms with Crippen molar-refractivity contribution in [2.24, 2.45) is 0 Å². The van der Waals surface area contributed by atoms with Crippen molar-refractivity contribution in [2.75, 3.05) is 0 Å². The van der Waals surface area contributed by atoms with Crippen LogP contribution in [0.5, 0.6) is 0 Å². The normalized spacial score (nSPS) is 14.1. The fourth-order valence-electron chi connectivity index (χ4n) is 2.78. The lowest BCUT2D eigenvalue weighted by Gasteiger charge is -2.14. The van der Waals surface area contributed by atoms with Gasteiger partial charge in [-0.15, -0.1) is 0 Å². The van der Waals surface area contributed by atoms with Crippen molar-refractivity contribution >= 4 is 21.8 Å². The molecule has 2 aromatic carbocycles. The largest absolute Gasteiger partial charge is 0.349 e. The molecule has 0 spiro atoms. The van der Waals surface area contributed by atoms with E-state index in [1.165, 1.54) is 11.1 Å². The van der Waals surface area contributed by atoms with Gasteiger partial charge in [-0.3, -0.25) is 4.79 Å². The minimum absolute atomic E-state index is 0.0154. The number of rotatable bonds is 2. The van der Waals surface area contributed by atoms with Crippen molar-refractivity contribution in [3.05, 3.63) is 69.2 Å². The van der Waals surface area contributed by atoms with Gasteiger partial charge in [-0.1, -0.05) is 46.3 Å². The molecule has 0 bridgehead atoms. The Morgan fingerprint density at radius 1 is 1.10 bits per heavy atom. The fourth-order valence-corrected chi connectivity index (χ4v) is 3.14. The highest BCUT2D eigenvalue weighted by molar-refractivity contribution is 9.10. The molecule has 0 aromatic heterocycles. The molecule has 0 fully saturated rings. The second-order valence-electron chi connectivity index (χ2n) is 5.26. The van der Waals surface area contributed by atoms with Crippen molar-refractivity contribution in [1.82, 2.24) is 5.32 Å². The number of benzene rings is 2. The van der Waals surface area contributed by atoms with E-state index in [2.05, 4.69) is 45.5 Å². The molecular formula is C17H16BrNO. The van der Waals surface area contributed by atoms with Crippen LogP contribution in [0.25, 0.3) is 0 Å². The van der Waals surface area contributed by atoms with Crippen LogP contribution in [-0.4, -0.2) is 11.9 Å². The quantitative estimate of drug-likeness (QED) is 0.895. The molecular weight excluding hydrogens is 314 g/mol. The maximum absolute atomic E-state index is 12.4. The number of carbonyl (C=O) groups is 1. The number of hydrogen-bond acceptors (Lipinski definition) is 1. The first kappa shape index (κ1) is 13.4. The molecule has 3 rings (SSSR count). The Morgan fingerprint density at radius 2 is 1.75 bits per heavy atom. The molecule has 3 heteroatoms. The summed E-state index contributed by atoms with van der Waals surface area (Å²) in [6.07, 6.45) is 1.85. The van der Waals surface area contributed by atoms with Gasteiger partial charge in [0, 0.05) is 16.1 Å². The van der Waals surface area contributed by atoms with Crippen molar-refractivity contribution < 1.29 is 4.79 Å². The van der Waals surface area contributed by atoms with Gasteiger partial charge in [-0.05, 0) is 48.6 Å². The Hall–Kier alpha value is -1.61. The van der Waals surface area contributed by atoms with E-state index in [0.717, 1.165) is 28.4 Å². The first-order chi connectivity index (χ1) is 9.65. The molecule has 1 amide bonds. The van der Waals surface area contributed by atoms with Gasteiger partial charge in [0.1, 0.15) is 0 Å². The number of hydrogen-bond donors (Lipinski definition) is 1. The average Bonchev–Trinajstić information content (AvgIpc) is 2.83. The standard InChI is InChI=1S/C17H16BrNO/c1-11-15(7-4-8-16(11)18)17(20)19-14-9-12-5-2-3-6-13(12)10-14/h2-8,14H,9-10H2,1H3,(H,19,20). The van der Waals surface area contributed by atoms with Gasteiger partial charge < -0.3 is 5.32 Å². The van der Waals surface area contributed by atoms with Crippen molar-refractivity contribution in [1.29, 1.82) is 0 Å². The first-order valence-corrected chi connectivity index (χ1v) is 7.57. The second-order valence-corrected chi connectivity index (χ2v) is 6.11. The van der Waals surface area contributed by atoms with Gasteiger partial charge in [-0.25, -0.2) is 0 Å². The maximum atomic E-state index is 12.4. The number of fused-ring (bicyclic) bond motifs is 1. The van der Waals surface area contributed by atoms with E-state index in [-0.39, 0.29) is 11.9 Å². The topological polar surface area (TPSA) is 29.1 Å². The van der Waals surface area contributed by atoms with E-state index in [1.54, 1.807) is 0 Å². The van der Waals surface area contributed by atoms with Crippen LogP contribution in [0.2, 0.25) is 0 Å². The molecule has 0 atom stereocenters. The minimum Gasteiger partial charge on any atom is -0.349 e. The first-order valence-electron chi connectivity index (χ1n) is 6.78. The number of halogens is 1. The van der Waals surface area contributed by atoms with Gasteiger partial charge in [0.2, 0.25) is 0 Å². The van der Waals surface area contributed by atoms with Gasteiger partial charge in [0.25, 0.3) is 5.91 Å². The molecule has 20 heavy (non-hydrogen) atoms. The van der Waals surface area contributed by atoms with E-state index >= 15 is 0 Å². The van der Waals surface area contributed by atoms with Crippen LogP contribution < -0.4 is 5.32 Å². The van der Waals surface area contributed by atoms with Crippen LogP contribution in [0.4, 0.5) is 0 Å². The van der Waals surface area contributed by atoms with Crippen LogP contribution in [0.1, 0.15) is 27.0 Å². The fraction of sp³-hybridized carbons (Fsp3) is 0.235. The van der Waals surface area contributed by atoms with E-state index in [1.807, 2.05) is 25.1 Å². The molecule has 0 saturated heterocycles. The minimum atomic E-state index is 0.0154. The third-order valence-corrected chi connectivity index (χ3v) is 4.76. The summed E-state index contributed by atoms with van der Waals surface area (Å²) in [6.45, 7) is 1.96. The van der Waals surface area contributed by atoms with Crippen LogP contribution in [-0.2, 0) is 12.8 Å². The Morgan fingerprint density at radius 3 is 2.40 bits per heavy atom. The van der Waals surface area contributed by atoms with E-state index < -0.39 is 0 Å². The highest BCUT2D eigenvalue weighted by Gasteiger charge is 2.23. The zero-order chi connectivity index (χ0) is 14.1. The summed E-state index contributed by atoms with van der Waals surface area (Å²) in [5, 5.41) is 3.15. The van der Waals surface area contributed by atoms with Crippen molar-refractivity contribution in [3.63, 3.8) is 0 Å². The third-order valence-electron chi connectivity index (χ3n) is 3.90. The Bertz CT molecular complexity index is 641. The molecule has 2 aromatic rings. The SMILES string of the molecule is Cc1c(Br)cccc1C(=O)NC1Cc2ccccc2C1. The number of amides is 1. The van der Waals surface area contributed by atoms with Crippen LogP contribution in [0.15, 0.2) is 46.9 Å². The lowest BCUT2D eigenvalue weighted by atomic mass is 10.1. The highest BCUT2D eigenvalue weighted by Crippen LogP contribution is 2.23. The summed E-state index contributed by atoms with van der Waals surface area (Å²) in [5.41, 5.74) is 4.43. The summed E-state index contributed by atoms with van der Waals surface area (Å²) in [5.74, 6) is 0.0154. The summed E-state index contributed by atoms with van der Waals surface area (Å²) >= 11 is 3.47. The summed E-state index contributed by atoms with van der Waals surface area (Å²) in [4.78, 5) is 12.4. The lowest BCUT2D eigenvalue weighted by Crippen LogP contribution is -2.35. The zero-order valence-corrected chi connectivity index (χ0v) is 12.9. The summed E-state index contributed by atoms with van der Waals surface area (Å²) < 4.78 is 0.972. The number of nitrogens with one attached hydrogen (secondary N) is 1. The molecule has 0 heterocycles. The van der Waals surface area contributed by atoms with Gasteiger partial charge in [0.05, 0.1) is 0 Å². The smallest absolute Gasteiger partial charge is 0.251 e. The van der Waals surface area contributed by atoms with Gasteiger partial charge in [0.15, 0.2) is 0 Å². The Labute approximate surface area is 127 Å². The summed E-state index contributed by atoms with van der Waals surface area (Å²) in [6, 6.07) is 14.3. The molecule has 2 nitrogen and oxygen atoms in total. The van der Waals surface area contributed by atoms with Crippen LogP contribution in [0, 0.1) is 6.92 Å². The molecule has 0 saturated carbocycles. The van der Waals surface area contributed by atoms with E-state index in [4.69, 9.17) is 0 Å². The van der Waals surface area contributed by atoms with E-state index in [9.17, 15) is 4.79 Å². The highest BCUT2D eigenvalue weighted by atomic mass is 79.9. The predicted octanol–water partition coefficient (Wildman–Crippen LogP) is 3.65. The lowest BCUT2D eigenvalue weighted by molar-refractivity contribution is 0.0938. The van der Waals surface area contributed by atoms with E-state index in [0.29, 0.717) is 0 Å². The van der Waals surface area contributed by atoms with Crippen molar-refractivity contribution in [2.45, 2.75) is 25.8 Å². The monoisotopic (exact) mass is 329 g/mol. The van der Waals surface area contributed by atoms with Gasteiger partial charge >= 0.3 is 0 Å². The summed E-state index contributed by atoms with van der Waals surface area (Å²) in [7, 11) is 0. The molecule has 0 unspecified atom stereocenters. The third kappa shape index (κ3) is 2.50. The van der Waals surface area contributed by atoms with Gasteiger partial charge in [-0.2, -0.15) is 0 Å². The van der Waals surface area contributed by atoms with Crippen LogP contribution in [0.3, 0.4) is 0 Å². The average molecular weight is 330 g/mol. The van der Waals surface area contributed by atoms with Crippen molar-refractivity contribution in [3.8, 4) is 0 Å². The van der Waals surface area contributed by atoms with Crippen LogP contribution >= 0.6 is 15.9 Å². The molecule has 102 valence electrons. The zero-order valence-electron chi connectivity index (χ0n) is 11.3. The maximum Gasteiger partial charge on any atom is 0.251 e. The molecule has 1 aliphatic carbocycles. The second kappa shape index (κ2) is 5.41. The molecule has 1 aliphatic rings. The molecule has 0 aliphatic heterocycles.